The van der Waals surface area contributed by atoms with Crippen molar-refractivity contribution in [1.82, 2.24) is 0 Å². The van der Waals surface area contributed by atoms with E-state index in [2.05, 4.69) is 0 Å². The fourth-order valence-electron chi connectivity index (χ4n) is 1.52. The van der Waals surface area contributed by atoms with Gasteiger partial charge in [-0.3, -0.25) is 0 Å². The van der Waals surface area contributed by atoms with Gasteiger partial charge in [-0.15, -0.1) is 0 Å². The monoisotopic (exact) mass is 226 g/mol. The lowest BCUT2D eigenvalue weighted by molar-refractivity contribution is 0.0696. The van der Waals surface area contributed by atoms with E-state index in [0.29, 0.717) is 5.58 Å². The van der Waals surface area contributed by atoms with E-state index in [4.69, 9.17) is 21.1 Å². The van der Waals surface area contributed by atoms with Crippen LogP contribution in [0.25, 0.3) is 11.0 Å². The molecule has 2 aromatic rings. The van der Waals surface area contributed by atoms with E-state index in [0.717, 1.165) is 0 Å². The lowest BCUT2D eigenvalue weighted by Gasteiger charge is -1.98. The molecule has 2 N–H and O–H groups in total. The predicted molar refractivity (Wildman–Crippen MR) is 54.6 cm³/mol. The van der Waals surface area contributed by atoms with Crippen LogP contribution >= 0.6 is 11.6 Å². The molecule has 0 fully saturated rings. The minimum absolute atomic E-state index is 0.0509. The van der Waals surface area contributed by atoms with Crippen LogP contribution in [0.15, 0.2) is 16.5 Å². The quantitative estimate of drug-likeness (QED) is 0.784. The summed E-state index contributed by atoms with van der Waals surface area (Å²) < 4.78 is 5.20. The normalized spacial score (nSPS) is 10.8. The highest BCUT2D eigenvalue weighted by atomic mass is 35.5. The molecule has 0 aliphatic rings. The number of carbonyl (C=O) groups is 1. The highest BCUT2D eigenvalue weighted by Crippen LogP contribution is 2.37. The molecule has 0 bridgehead atoms. The molecule has 0 radical (unpaired) electrons. The Morgan fingerprint density at radius 2 is 2.13 bits per heavy atom. The maximum absolute atomic E-state index is 10.9. The average Bonchev–Trinajstić information content (AvgIpc) is 2.49. The number of rotatable bonds is 1. The number of carboxylic acid groups (broad SMARTS) is 1. The molecule has 0 aliphatic carbocycles. The summed E-state index contributed by atoms with van der Waals surface area (Å²) in [4.78, 5) is 10.9. The van der Waals surface area contributed by atoms with Gasteiger partial charge in [-0.25, -0.2) is 4.79 Å². The number of benzene rings is 1. The van der Waals surface area contributed by atoms with E-state index in [-0.39, 0.29) is 27.5 Å². The molecule has 0 unspecified atom stereocenters. The first kappa shape index (κ1) is 9.86. The van der Waals surface area contributed by atoms with Gasteiger partial charge in [0.2, 0.25) is 0 Å². The van der Waals surface area contributed by atoms with Gasteiger partial charge in [0.15, 0.2) is 0 Å². The van der Waals surface area contributed by atoms with Crippen molar-refractivity contribution in [2.24, 2.45) is 0 Å². The molecule has 2 rings (SSSR count). The zero-order chi connectivity index (χ0) is 11.2. The molecule has 0 saturated heterocycles. The van der Waals surface area contributed by atoms with Crippen molar-refractivity contribution in [3.8, 4) is 5.75 Å². The maximum atomic E-state index is 10.9. The molecule has 4 nitrogen and oxygen atoms in total. The van der Waals surface area contributed by atoms with Gasteiger partial charge < -0.3 is 14.6 Å². The zero-order valence-electron chi connectivity index (χ0n) is 7.74. The molecule has 0 saturated carbocycles. The van der Waals surface area contributed by atoms with Crippen LogP contribution in [0.5, 0.6) is 5.75 Å². The maximum Gasteiger partial charge on any atom is 0.340 e. The fraction of sp³-hybridized carbons (Fsp3) is 0.100. The van der Waals surface area contributed by atoms with Gasteiger partial charge >= 0.3 is 5.97 Å². The third-order valence-corrected chi connectivity index (χ3v) is 2.47. The molecule has 5 heteroatoms. The van der Waals surface area contributed by atoms with Crippen LogP contribution in [-0.4, -0.2) is 16.2 Å². The topological polar surface area (TPSA) is 70.7 Å². The number of phenols is 1. The number of halogens is 1. The summed E-state index contributed by atoms with van der Waals surface area (Å²) in [6, 6.07) is 2.98. The van der Waals surface area contributed by atoms with Crippen molar-refractivity contribution >= 4 is 28.5 Å². The smallest absolute Gasteiger partial charge is 0.340 e. The Labute approximate surface area is 89.7 Å². The van der Waals surface area contributed by atoms with Crippen molar-refractivity contribution in [3.05, 3.63) is 28.5 Å². The van der Waals surface area contributed by atoms with Gasteiger partial charge in [0.05, 0.1) is 10.4 Å². The summed E-state index contributed by atoms with van der Waals surface area (Å²) in [5.74, 6) is -1.16. The number of furan rings is 1. The van der Waals surface area contributed by atoms with Gasteiger partial charge in [-0.1, -0.05) is 11.6 Å². The lowest BCUT2D eigenvalue weighted by atomic mass is 10.1. The van der Waals surface area contributed by atoms with Crippen LogP contribution < -0.4 is 0 Å². The van der Waals surface area contributed by atoms with Gasteiger partial charge in [-0.2, -0.15) is 0 Å². The number of aromatic carboxylic acids is 1. The lowest BCUT2D eigenvalue weighted by Crippen LogP contribution is -1.96. The Hall–Kier alpha value is -1.68. The number of aromatic hydroxyl groups is 1. The summed E-state index contributed by atoms with van der Waals surface area (Å²) in [5.41, 5.74) is 0.261. The second-order valence-corrected chi connectivity index (χ2v) is 3.51. The van der Waals surface area contributed by atoms with Gasteiger partial charge in [0.25, 0.3) is 0 Å². The number of hydrogen-bond donors (Lipinski definition) is 2. The van der Waals surface area contributed by atoms with E-state index in [1.54, 1.807) is 0 Å². The summed E-state index contributed by atoms with van der Waals surface area (Å²) in [6.07, 6.45) is 0. The van der Waals surface area contributed by atoms with Crippen molar-refractivity contribution in [3.63, 3.8) is 0 Å². The molecule has 1 aromatic heterocycles. The van der Waals surface area contributed by atoms with Crippen LogP contribution in [-0.2, 0) is 0 Å². The molecule has 1 aromatic carbocycles. The fourth-order valence-corrected chi connectivity index (χ4v) is 1.68. The van der Waals surface area contributed by atoms with Crippen LogP contribution in [0.2, 0.25) is 5.02 Å². The molecule has 78 valence electrons. The molecule has 0 atom stereocenters. The van der Waals surface area contributed by atoms with E-state index >= 15 is 0 Å². The van der Waals surface area contributed by atoms with Crippen molar-refractivity contribution in [2.75, 3.05) is 0 Å². The highest BCUT2D eigenvalue weighted by molar-refractivity contribution is 6.33. The van der Waals surface area contributed by atoms with E-state index in [1.807, 2.05) is 0 Å². The second-order valence-electron chi connectivity index (χ2n) is 3.11. The largest absolute Gasteiger partial charge is 0.506 e. The van der Waals surface area contributed by atoms with Crippen molar-refractivity contribution in [2.45, 2.75) is 6.92 Å². The first-order valence-corrected chi connectivity index (χ1v) is 4.54. The second kappa shape index (κ2) is 3.17. The molecule has 0 aliphatic heterocycles. The highest BCUT2D eigenvalue weighted by Gasteiger charge is 2.21. The van der Waals surface area contributed by atoms with Crippen LogP contribution in [0.1, 0.15) is 16.1 Å². The molecule has 0 amide bonds. The van der Waals surface area contributed by atoms with E-state index in [1.165, 1.54) is 19.1 Å². The number of hydrogen-bond acceptors (Lipinski definition) is 3. The molecule has 0 spiro atoms. The Morgan fingerprint density at radius 3 is 2.73 bits per heavy atom. The van der Waals surface area contributed by atoms with E-state index < -0.39 is 5.97 Å². The Balaban J connectivity index is 2.96. The first-order valence-electron chi connectivity index (χ1n) is 4.16. The van der Waals surface area contributed by atoms with Crippen LogP contribution in [0.4, 0.5) is 0 Å². The molecule has 15 heavy (non-hydrogen) atoms. The summed E-state index contributed by atoms with van der Waals surface area (Å²) in [5, 5.41) is 18.8. The third kappa shape index (κ3) is 1.34. The Kier molecular flexibility index (Phi) is 2.08. The molecular weight excluding hydrogens is 220 g/mol. The predicted octanol–water partition coefficient (Wildman–Crippen LogP) is 2.80. The number of carboxylic acids is 1. The van der Waals surface area contributed by atoms with Crippen molar-refractivity contribution < 1.29 is 19.4 Å². The minimum Gasteiger partial charge on any atom is -0.506 e. The summed E-state index contributed by atoms with van der Waals surface area (Å²) in [6.45, 7) is 1.52. The Bertz CT molecular complexity index is 556. The number of aryl methyl sites for hydroxylation is 1. The van der Waals surface area contributed by atoms with Crippen LogP contribution in [0, 0.1) is 6.92 Å². The molecular formula is C10H7ClO4. The third-order valence-electron chi connectivity index (χ3n) is 2.17. The average molecular weight is 227 g/mol. The SMILES string of the molecule is Cc1oc2ccc(Cl)c(O)c2c1C(=O)O. The molecule has 1 heterocycles. The van der Waals surface area contributed by atoms with Gasteiger partial charge in [0.1, 0.15) is 22.7 Å². The zero-order valence-corrected chi connectivity index (χ0v) is 8.50. The minimum atomic E-state index is -1.15. The van der Waals surface area contributed by atoms with Gasteiger partial charge in [-0.05, 0) is 19.1 Å². The van der Waals surface area contributed by atoms with Crippen LogP contribution in [0.3, 0.4) is 0 Å². The first-order chi connectivity index (χ1) is 7.02. The Morgan fingerprint density at radius 1 is 1.47 bits per heavy atom. The standard InChI is InChI=1S/C10H7ClO4/c1-4-7(10(13)14)8-6(15-4)3-2-5(11)9(8)12/h2-3,12H,1H3,(H,13,14). The summed E-state index contributed by atoms with van der Waals surface area (Å²) in [7, 11) is 0. The number of fused-ring (bicyclic) bond motifs is 1. The van der Waals surface area contributed by atoms with Crippen molar-refractivity contribution in [1.29, 1.82) is 0 Å². The van der Waals surface area contributed by atoms with E-state index in [9.17, 15) is 9.90 Å². The summed E-state index contributed by atoms with van der Waals surface area (Å²) >= 11 is 5.69. The number of phenolic OH excluding ortho intramolecular Hbond substituents is 1. The van der Waals surface area contributed by atoms with Gasteiger partial charge in [0, 0.05) is 0 Å².